The molecule has 1 rings (SSSR count). The average molecular weight is 290 g/mol. The number of methoxy groups -OCH3 is 1. The van der Waals surface area contributed by atoms with Crippen LogP contribution in [0.15, 0.2) is 12.1 Å². The van der Waals surface area contributed by atoms with E-state index in [1.54, 1.807) is 6.07 Å². The third-order valence-electron chi connectivity index (χ3n) is 3.14. The van der Waals surface area contributed by atoms with Crippen molar-refractivity contribution in [1.29, 1.82) is 0 Å². The summed E-state index contributed by atoms with van der Waals surface area (Å²) in [4.78, 5) is 0. The number of nitrogens with one attached hydrogen (secondary N) is 1. The first kappa shape index (κ1) is 16.6. The molecule has 3 N–H and O–H groups in total. The van der Waals surface area contributed by atoms with E-state index in [9.17, 15) is 13.2 Å². The average Bonchev–Trinajstić information content (AvgIpc) is 2.26. The molecule has 0 aliphatic heterocycles. The van der Waals surface area contributed by atoms with Crippen molar-refractivity contribution in [2.45, 2.75) is 38.4 Å². The van der Waals surface area contributed by atoms with Gasteiger partial charge in [-0.15, -0.1) is 0 Å². The minimum Gasteiger partial charge on any atom is -0.494 e. The summed E-state index contributed by atoms with van der Waals surface area (Å²) in [6.45, 7) is 5.75. The van der Waals surface area contributed by atoms with Crippen LogP contribution in [0.25, 0.3) is 0 Å². The first-order chi connectivity index (χ1) is 9.02. The Bertz CT molecular complexity index is 479. The maximum atomic E-state index is 13.1. The van der Waals surface area contributed by atoms with E-state index in [1.807, 2.05) is 20.8 Å². The fourth-order valence-corrected chi connectivity index (χ4v) is 2.05. The van der Waals surface area contributed by atoms with Crippen LogP contribution in [0.1, 0.15) is 37.9 Å². The Morgan fingerprint density at radius 2 is 1.75 bits per heavy atom. The number of hydrogen-bond acceptors (Lipinski definition) is 3. The van der Waals surface area contributed by atoms with Crippen molar-refractivity contribution in [2.75, 3.05) is 19.9 Å². The molecule has 0 bridgehead atoms. The highest BCUT2D eigenvalue weighted by atomic mass is 19.4. The maximum absolute atomic E-state index is 13.1. The second-order valence-corrected chi connectivity index (χ2v) is 5.70. The van der Waals surface area contributed by atoms with Crippen LogP contribution < -0.4 is 15.8 Å². The van der Waals surface area contributed by atoms with Crippen LogP contribution in [0.5, 0.6) is 5.75 Å². The molecule has 20 heavy (non-hydrogen) atoms. The molecule has 1 unspecified atom stereocenters. The number of anilines is 1. The highest BCUT2D eigenvalue weighted by Gasteiger charge is 2.42. The minimum atomic E-state index is -4.43. The Balaban J connectivity index is 3.53. The Morgan fingerprint density at radius 3 is 2.10 bits per heavy atom. The van der Waals surface area contributed by atoms with Crippen molar-refractivity contribution in [3.8, 4) is 5.75 Å². The van der Waals surface area contributed by atoms with Gasteiger partial charge in [-0.05, 0) is 30.2 Å². The van der Waals surface area contributed by atoms with E-state index in [0.29, 0.717) is 0 Å². The molecular weight excluding hydrogens is 269 g/mol. The Kier molecular flexibility index (Phi) is 4.59. The van der Waals surface area contributed by atoms with Gasteiger partial charge in [0.05, 0.1) is 12.8 Å². The molecule has 0 radical (unpaired) electrons. The van der Waals surface area contributed by atoms with Gasteiger partial charge in [0.15, 0.2) is 0 Å². The molecule has 1 aromatic carbocycles. The topological polar surface area (TPSA) is 47.3 Å². The van der Waals surface area contributed by atoms with E-state index >= 15 is 0 Å². The predicted octanol–water partition coefficient (Wildman–Crippen LogP) is 3.40. The number of rotatable bonds is 3. The largest absolute Gasteiger partial charge is 0.494 e. The molecule has 0 spiro atoms. The molecular formula is C14H21F3N2O. The van der Waals surface area contributed by atoms with E-state index in [2.05, 4.69) is 5.32 Å². The molecule has 0 aliphatic carbocycles. The van der Waals surface area contributed by atoms with Gasteiger partial charge in [-0.3, -0.25) is 0 Å². The Labute approximate surface area is 117 Å². The van der Waals surface area contributed by atoms with Gasteiger partial charge in [0.1, 0.15) is 11.8 Å². The fraction of sp³-hybridized carbons (Fsp3) is 0.571. The van der Waals surface area contributed by atoms with Crippen LogP contribution in [0, 0.1) is 0 Å². The first-order valence-electron chi connectivity index (χ1n) is 6.24. The van der Waals surface area contributed by atoms with Crippen molar-refractivity contribution in [1.82, 2.24) is 5.32 Å². The van der Waals surface area contributed by atoms with Crippen LogP contribution in [0.2, 0.25) is 0 Å². The highest BCUT2D eigenvalue weighted by molar-refractivity contribution is 5.61. The summed E-state index contributed by atoms with van der Waals surface area (Å²) < 4.78 is 44.4. The third-order valence-corrected chi connectivity index (χ3v) is 3.14. The normalized spacial score (nSPS) is 14.2. The summed E-state index contributed by atoms with van der Waals surface area (Å²) in [6.07, 6.45) is -4.43. The van der Waals surface area contributed by atoms with E-state index in [-0.39, 0.29) is 22.4 Å². The van der Waals surface area contributed by atoms with Gasteiger partial charge in [-0.1, -0.05) is 20.8 Å². The monoisotopic (exact) mass is 290 g/mol. The number of hydrogen-bond donors (Lipinski definition) is 2. The van der Waals surface area contributed by atoms with Crippen molar-refractivity contribution < 1.29 is 17.9 Å². The zero-order valence-electron chi connectivity index (χ0n) is 12.4. The van der Waals surface area contributed by atoms with Crippen LogP contribution in [0.4, 0.5) is 18.9 Å². The van der Waals surface area contributed by atoms with Gasteiger partial charge >= 0.3 is 6.18 Å². The SMILES string of the molecule is CNC(c1cc(C(C)(C)C)cc(N)c1OC)C(F)(F)F. The fourth-order valence-electron chi connectivity index (χ4n) is 2.05. The summed E-state index contributed by atoms with van der Waals surface area (Å²) in [5.41, 5.74) is 6.48. The minimum absolute atomic E-state index is 0.00688. The number of nitrogens with two attached hydrogens (primary N) is 1. The van der Waals surface area contributed by atoms with E-state index in [0.717, 1.165) is 5.56 Å². The van der Waals surface area contributed by atoms with E-state index < -0.39 is 12.2 Å². The molecule has 0 fully saturated rings. The first-order valence-corrected chi connectivity index (χ1v) is 6.24. The third kappa shape index (κ3) is 3.36. The zero-order chi connectivity index (χ0) is 15.7. The van der Waals surface area contributed by atoms with Gasteiger partial charge in [0.25, 0.3) is 0 Å². The zero-order valence-corrected chi connectivity index (χ0v) is 12.4. The second-order valence-electron chi connectivity index (χ2n) is 5.70. The smallest absolute Gasteiger partial charge is 0.408 e. The summed E-state index contributed by atoms with van der Waals surface area (Å²) in [6, 6.07) is 1.34. The molecule has 0 amide bonds. The molecule has 0 aliphatic rings. The van der Waals surface area contributed by atoms with Crippen LogP contribution in [0.3, 0.4) is 0 Å². The lowest BCUT2D eigenvalue weighted by Crippen LogP contribution is -2.32. The van der Waals surface area contributed by atoms with Crippen molar-refractivity contribution >= 4 is 5.69 Å². The molecule has 1 aromatic rings. The number of halogens is 3. The molecule has 0 aromatic heterocycles. The summed E-state index contributed by atoms with van der Waals surface area (Å²) in [5, 5.41) is 2.28. The van der Waals surface area contributed by atoms with Crippen molar-refractivity contribution in [3.63, 3.8) is 0 Å². The Morgan fingerprint density at radius 1 is 1.20 bits per heavy atom. The molecule has 0 heterocycles. The standard InChI is InChI=1S/C14H21F3N2O/c1-13(2,3)8-6-9(11(20-5)10(18)7-8)12(19-4)14(15,16)17/h6-7,12,19H,18H2,1-5H3. The lowest BCUT2D eigenvalue weighted by molar-refractivity contribution is -0.156. The number of benzene rings is 1. The molecule has 0 saturated heterocycles. The van der Waals surface area contributed by atoms with Gasteiger partial charge in [-0.2, -0.15) is 13.2 Å². The number of alkyl halides is 3. The van der Waals surface area contributed by atoms with Crippen LogP contribution >= 0.6 is 0 Å². The van der Waals surface area contributed by atoms with Crippen LogP contribution in [-0.4, -0.2) is 20.3 Å². The van der Waals surface area contributed by atoms with Crippen molar-refractivity contribution in [2.24, 2.45) is 0 Å². The lowest BCUT2D eigenvalue weighted by Gasteiger charge is -2.27. The maximum Gasteiger partial charge on any atom is 0.408 e. The van der Waals surface area contributed by atoms with Gasteiger partial charge in [0, 0.05) is 5.56 Å². The Hall–Kier alpha value is -1.43. The molecule has 1 atom stereocenters. The summed E-state index contributed by atoms with van der Waals surface area (Å²) in [7, 11) is 2.58. The van der Waals surface area contributed by atoms with Crippen molar-refractivity contribution in [3.05, 3.63) is 23.3 Å². The number of nitrogen functional groups attached to an aromatic ring is 1. The molecule has 6 heteroatoms. The predicted molar refractivity (Wildman–Crippen MR) is 74.0 cm³/mol. The van der Waals surface area contributed by atoms with Crippen LogP contribution in [-0.2, 0) is 5.41 Å². The van der Waals surface area contributed by atoms with Gasteiger partial charge in [0.2, 0.25) is 0 Å². The van der Waals surface area contributed by atoms with E-state index in [4.69, 9.17) is 10.5 Å². The second kappa shape index (κ2) is 5.52. The quantitative estimate of drug-likeness (QED) is 0.839. The molecule has 114 valence electrons. The lowest BCUT2D eigenvalue weighted by atomic mass is 9.84. The number of ether oxygens (including phenoxy) is 1. The molecule has 3 nitrogen and oxygen atoms in total. The van der Waals surface area contributed by atoms with Gasteiger partial charge < -0.3 is 15.8 Å². The van der Waals surface area contributed by atoms with Gasteiger partial charge in [-0.25, -0.2) is 0 Å². The highest BCUT2D eigenvalue weighted by Crippen LogP contribution is 2.42. The summed E-state index contributed by atoms with van der Waals surface area (Å²) in [5.74, 6) is 0.0645. The van der Waals surface area contributed by atoms with E-state index in [1.165, 1.54) is 20.2 Å². The molecule has 0 saturated carbocycles. The summed E-state index contributed by atoms with van der Waals surface area (Å²) >= 11 is 0.